The molecule has 0 aliphatic heterocycles. The number of rotatable bonds is 4. The van der Waals surface area contributed by atoms with E-state index in [-0.39, 0.29) is 0 Å². The van der Waals surface area contributed by atoms with Crippen molar-refractivity contribution in [1.29, 1.82) is 0 Å². The van der Waals surface area contributed by atoms with Gasteiger partial charge in [-0.25, -0.2) is 0 Å². The van der Waals surface area contributed by atoms with Crippen molar-refractivity contribution in [2.24, 2.45) is 0 Å². The van der Waals surface area contributed by atoms with Crippen LogP contribution in [0.15, 0.2) is 182 Å². The molecule has 0 spiro atoms. The monoisotopic (exact) mass is 622 g/mol. The normalized spacial score (nSPS) is 11.7. The summed E-state index contributed by atoms with van der Waals surface area (Å²) in [6.07, 6.45) is 1.90. The predicted molar refractivity (Wildman–Crippen MR) is 207 cm³/mol. The molecule has 0 saturated carbocycles. The first-order valence-electron chi connectivity index (χ1n) is 16.8. The summed E-state index contributed by atoms with van der Waals surface area (Å²) >= 11 is 0. The zero-order valence-corrected chi connectivity index (χ0v) is 26.7. The molecule has 10 aromatic rings. The maximum atomic E-state index is 4.90. The molecule has 0 N–H and O–H groups in total. The van der Waals surface area contributed by atoms with Crippen LogP contribution >= 0.6 is 0 Å². The van der Waals surface area contributed by atoms with Gasteiger partial charge in [-0.15, -0.1) is 0 Å². The van der Waals surface area contributed by atoms with Gasteiger partial charge in [0.2, 0.25) is 0 Å². The lowest BCUT2D eigenvalue weighted by atomic mass is 9.87. The minimum absolute atomic E-state index is 1.03. The van der Waals surface area contributed by atoms with Gasteiger partial charge in [0, 0.05) is 33.1 Å². The van der Waals surface area contributed by atoms with Crippen molar-refractivity contribution in [3.8, 4) is 39.1 Å². The Balaban J connectivity index is 1.35. The van der Waals surface area contributed by atoms with Gasteiger partial charge in [-0.05, 0) is 80.6 Å². The maximum Gasteiger partial charge on any atom is 0.0802 e. The Labute approximate surface area is 284 Å². The second-order valence-corrected chi connectivity index (χ2v) is 12.7. The molecule has 0 unspecified atom stereocenters. The van der Waals surface area contributed by atoms with E-state index in [0.29, 0.717) is 0 Å². The number of para-hydroxylation sites is 1. The molecule has 0 fully saturated rings. The van der Waals surface area contributed by atoms with Crippen LogP contribution in [0.3, 0.4) is 0 Å². The third-order valence-electron chi connectivity index (χ3n) is 9.97. The number of aromatic nitrogens is 2. The number of fused-ring (bicyclic) bond motifs is 7. The summed E-state index contributed by atoms with van der Waals surface area (Å²) < 4.78 is 2.48. The van der Waals surface area contributed by atoms with Gasteiger partial charge in [-0.1, -0.05) is 140 Å². The summed E-state index contributed by atoms with van der Waals surface area (Å²) in [6.45, 7) is 0. The molecule has 2 heteroatoms. The second kappa shape index (κ2) is 11.0. The molecule has 0 saturated heterocycles. The maximum absolute atomic E-state index is 4.90. The van der Waals surface area contributed by atoms with Crippen LogP contribution in [0.1, 0.15) is 0 Å². The first-order valence-corrected chi connectivity index (χ1v) is 16.8. The van der Waals surface area contributed by atoms with Crippen molar-refractivity contribution in [3.05, 3.63) is 182 Å². The van der Waals surface area contributed by atoms with Crippen molar-refractivity contribution in [2.75, 3.05) is 0 Å². The summed E-state index contributed by atoms with van der Waals surface area (Å²) in [6, 6.07) is 63.8. The molecule has 49 heavy (non-hydrogen) atoms. The van der Waals surface area contributed by atoms with Crippen LogP contribution in [0.5, 0.6) is 0 Å². The van der Waals surface area contributed by atoms with Crippen LogP contribution in [0, 0.1) is 0 Å². The molecule has 228 valence electrons. The van der Waals surface area contributed by atoms with Gasteiger partial charge in [0.1, 0.15) is 0 Å². The van der Waals surface area contributed by atoms with E-state index in [0.717, 1.165) is 16.4 Å². The predicted octanol–water partition coefficient (Wildman–Crippen LogP) is 12.6. The quantitative estimate of drug-likeness (QED) is 0.179. The second-order valence-electron chi connectivity index (χ2n) is 12.7. The van der Waals surface area contributed by atoms with Gasteiger partial charge < -0.3 is 4.57 Å². The highest BCUT2D eigenvalue weighted by molar-refractivity contribution is 6.24. The Hall–Kier alpha value is -6.51. The van der Waals surface area contributed by atoms with Gasteiger partial charge in [0.25, 0.3) is 0 Å². The first kappa shape index (κ1) is 27.6. The lowest BCUT2D eigenvalue weighted by molar-refractivity contribution is 1.21. The molecular weight excluding hydrogens is 593 g/mol. The largest absolute Gasteiger partial charge is 0.308 e. The molecule has 0 bridgehead atoms. The number of pyridine rings is 1. The smallest absolute Gasteiger partial charge is 0.0802 e. The third kappa shape index (κ3) is 4.31. The van der Waals surface area contributed by atoms with Gasteiger partial charge >= 0.3 is 0 Å². The standard InChI is InChI=1S/C47H30N2/c1-3-14-31(15-4-1)34-28-35(32-16-5-2-6-17-32)30-36(29-34)44-37-19-7-9-21-39(37)47(40-22-10-8-20-38(40)44)49-42-24-12-11-23-41(42)45-43(49)26-25-33-18-13-27-48-46(33)45/h1-30H. The Kier molecular flexibility index (Phi) is 6.22. The first-order chi connectivity index (χ1) is 24.3. The summed E-state index contributed by atoms with van der Waals surface area (Å²) in [5.74, 6) is 0. The molecular formula is C47H30N2. The van der Waals surface area contributed by atoms with E-state index in [2.05, 4.69) is 174 Å². The topological polar surface area (TPSA) is 17.8 Å². The van der Waals surface area contributed by atoms with E-state index < -0.39 is 0 Å². The minimum atomic E-state index is 1.03. The van der Waals surface area contributed by atoms with E-state index in [4.69, 9.17) is 4.98 Å². The van der Waals surface area contributed by atoms with E-state index in [1.807, 2.05) is 12.3 Å². The molecule has 0 aliphatic rings. The average Bonchev–Trinajstić information content (AvgIpc) is 3.52. The molecule has 2 nitrogen and oxygen atoms in total. The van der Waals surface area contributed by atoms with E-state index >= 15 is 0 Å². The lowest BCUT2D eigenvalue weighted by Crippen LogP contribution is -1.99. The number of nitrogens with zero attached hydrogens (tertiary/aromatic N) is 2. The number of benzene rings is 8. The fourth-order valence-electron chi connectivity index (χ4n) is 7.86. The zero-order chi connectivity index (χ0) is 32.3. The lowest BCUT2D eigenvalue weighted by Gasteiger charge is -2.20. The van der Waals surface area contributed by atoms with E-state index in [1.165, 1.54) is 76.9 Å². The third-order valence-corrected chi connectivity index (χ3v) is 9.97. The van der Waals surface area contributed by atoms with Gasteiger partial charge in [0.15, 0.2) is 0 Å². The summed E-state index contributed by atoms with van der Waals surface area (Å²) in [4.78, 5) is 4.90. The van der Waals surface area contributed by atoms with Crippen LogP contribution < -0.4 is 0 Å². The molecule has 0 radical (unpaired) electrons. The van der Waals surface area contributed by atoms with E-state index in [1.54, 1.807) is 0 Å². The highest BCUT2D eigenvalue weighted by atomic mass is 15.0. The van der Waals surface area contributed by atoms with Gasteiger partial charge in [-0.3, -0.25) is 4.98 Å². The fourth-order valence-corrected chi connectivity index (χ4v) is 7.86. The summed E-state index contributed by atoms with van der Waals surface area (Å²) in [7, 11) is 0. The van der Waals surface area contributed by atoms with Crippen LogP contribution in [-0.4, -0.2) is 9.55 Å². The van der Waals surface area contributed by atoms with Crippen molar-refractivity contribution in [3.63, 3.8) is 0 Å². The summed E-state index contributed by atoms with van der Waals surface area (Å²) in [5.41, 5.74) is 11.8. The van der Waals surface area contributed by atoms with E-state index in [9.17, 15) is 0 Å². The van der Waals surface area contributed by atoms with Crippen LogP contribution in [-0.2, 0) is 0 Å². The van der Waals surface area contributed by atoms with Crippen LogP contribution in [0.25, 0.3) is 93.3 Å². The Morgan fingerprint density at radius 2 is 0.898 bits per heavy atom. The molecule has 0 aliphatic carbocycles. The fraction of sp³-hybridized carbons (Fsp3) is 0. The Bertz CT molecular complexity index is 2750. The van der Waals surface area contributed by atoms with Crippen molar-refractivity contribution >= 4 is 54.3 Å². The molecule has 2 heterocycles. The van der Waals surface area contributed by atoms with Crippen molar-refractivity contribution < 1.29 is 0 Å². The Morgan fingerprint density at radius 1 is 0.367 bits per heavy atom. The van der Waals surface area contributed by atoms with Gasteiger partial charge in [-0.2, -0.15) is 0 Å². The molecule has 2 aromatic heterocycles. The number of hydrogen-bond donors (Lipinski definition) is 0. The number of hydrogen-bond acceptors (Lipinski definition) is 1. The molecule has 8 aromatic carbocycles. The van der Waals surface area contributed by atoms with Crippen molar-refractivity contribution in [2.45, 2.75) is 0 Å². The molecule has 0 atom stereocenters. The minimum Gasteiger partial charge on any atom is -0.308 e. The van der Waals surface area contributed by atoms with Crippen LogP contribution in [0.4, 0.5) is 0 Å². The molecule has 10 rings (SSSR count). The van der Waals surface area contributed by atoms with Crippen LogP contribution in [0.2, 0.25) is 0 Å². The van der Waals surface area contributed by atoms with Gasteiger partial charge in [0.05, 0.1) is 22.2 Å². The average molecular weight is 623 g/mol. The molecule has 0 amide bonds. The Morgan fingerprint density at radius 3 is 1.53 bits per heavy atom. The zero-order valence-electron chi connectivity index (χ0n) is 26.7. The highest BCUT2D eigenvalue weighted by Gasteiger charge is 2.22. The summed E-state index contributed by atoms with van der Waals surface area (Å²) in [5, 5.41) is 8.43. The SMILES string of the molecule is c1ccc(-c2cc(-c3ccccc3)cc(-c3c4ccccc4c(-n4c5ccccc5c5c6ncccc6ccc54)c4ccccc34)c2)cc1. The van der Waals surface area contributed by atoms with Crippen molar-refractivity contribution in [1.82, 2.24) is 9.55 Å². The highest BCUT2D eigenvalue weighted by Crippen LogP contribution is 2.46.